The zero-order valence-corrected chi connectivity index (χ0v) is 19.3. The Bertz CT molecular complexity index is 1330. The highest BCUT2D eigenvalue weighted by atomic mass is 32.2. The van der Waals surface area contributed by atoms with Gasteiger partial charge in [0.05, 0.1) is 24.7 Å². The molecule has 2 heterocycles. The molecule has 1 amide bonds. The Labute approximate surface area is 196 Å². The lowest BCUT2D eigenvalue weighted by molar-refractivity contribution is -0.384. The van der Waals surface area contributed by atoms with Crippen LogP contribution < -0.4 is 10.1 Å². The summed E-state index contributed by atoms with van der Waals surface area (Å²) < 4.78 is 40.2. The van der Waals surface area contributed by atoms with Crippen molar-refractivity contribution < 1.29 is 27.6 Å². The maximum atomic E-state index is 13.2. The van der Waals surface area contributed by atoms with Crippen molar-refractivity contribution in [2.24, 2.45) is 0 Å². The second kappa shape index (κ2) is 9.79. The Morgan fingerprint density at radius 2 is 1.94 bits per heavy atom. The SMILES string of the molecule is CCOc1ccc(NC(=O)Cn2ccc3cc([N+](=O)[O-])ccc32)cc1S(=O)(=O)N1CCOCC1. The minimum absolute atomic E-state index is 0.0206. The fourth-order valence-corrected chi connectivity index (χ4v) is 5.35. The molecule has 1 saturated heterocycles. The number of hydrogen-bond acceptors (Lipinski definition) is 7. The lowest BCUT2D eigenvalue weighted by Gasteiger charge is -2.27. The van der Waals surface area contributed by atoms with E-state index >= 15 is 0 Å². The van der Waals surface area contributed by atoms with Crippen LogP contribution >= 0.6 is 0 Å². The number of nitro groups is 1. The Morgan fingerprint density at radius 1 is 1.18 bits per heavy atom. The molecule has 0 saturated carbocycles. The Morgan fingerprint density at radius 3 is 2.65 bits per heavy atom. The number of nitrogens with zero attached hydrogens (tertiary/aromatic N) is 3. The minimum Gasteiger partial charge on any atom is -0.492 e. The number of sulfonamides is 1. The van der Waals surface area contributed by atoms with Crippen molar-refractivity contribution in [3.63, 3.8) is 0 Å². The second-order valence-electron chi connectivity index (χ2n) is 7.60. The van der Waals surface area contributed by atoms with Crippen LogP contribution in [0.3, 0.4) is 0 Å². The molecule has 4 rings (SSSR count). The molecule has 12 heteroatoms. The van der Waals surface area contributed by atoms with Crippen LogP contribution in [0, 0.1) is 10.1 Å². The van der Waals surface area contributed by atoms with Crippen LogP contribution in [0.4, 0.5) is 11.4 Å². The first-order valence-electron chi connectivity index (χ1n) is 10.7. The fraction of sp³-hybridized carbons (Fsp3) is 0.318. The number of ether oxygens (including phenoxy) is 2. The van der Waals surface area contributed by atoms with Gasteiger partial charge < -0.3 is 19.4 Å². The van der Waals surface area contributed by atoms with Gasteiger partial charge >= 0.3 is 0 Å². The van der Waals surface area contributed by atoms with E-state index in [0.717, 1.165) is 0 Å². The predicted octanol–water partition coefficient (Wildman–Crippen LogP) is 2.61. The number of nitro benzene ring substituents is 1. The topological polar surface area (TPSA) is 133 Å². The molecule has 0 aliphatic carbocycles. The third-order valence-corrected chi connectivity index (χ3v) is 7.31. The van der Waals surface area contributed by atoms with Gasteiger partial charge in [-0.05, 0) is 37.3 Å². The molecule has 0 spiro atoms. The van der Waals surface area contributed by atoms with Crippen molar-refractivity contribution in [3.05, 3.63) is 58.8 Å². The molecule has 180 valence electrons. The monoisotopic (exact) mass is 488 g/mol. The summed E-state index contributed by atoms with van der Waals surface area (Å²) in [7, 11) is -3.85. The smallest absolute Gasteiger partial charge is 0.270 e. The Balaban J connectivity index is 1.55. The average molecular weight is 489 g/mol. The normalized spacial score (nSPS) is 14.7. The van der Waals surface area contributed by atoms with E-state index < -0.39 is 14.9 Å². The van der Waals surface area contributed by atoms with Gasteiger partial charge in [0, 0.05) is 48.0 Å². The molecule has 2 aromatic carbocycles. The molecule has 0 atom stereocenters. The first-order valence-corrected chi connectivity index (χ1v) is 12.1. The average Bonchev–Trinajstić information content (AvgIpc) is 3.22. The van der Waals surface area contributed by atoms with E-state index in [0.29, 0.717) is 29.8 Å². The summed E-state index contributed by atoms with van der Waals surface area (Å²) in [6, 6.07) is 10.6. The highest BCUT2D eigenvalue weighted by molar-refractivity contribution is 7.89. The predicted molar refractivity (Wildman–Crippen MR) is 124 cm³/mol. The number of morpholine rings is 1. The zero-order valence-electron chi connectivity index (χ0n) is 18.5. The van der Waals surface area contributed by atoms with E-state index in [1.807, 2.05) is 0 Å². The second-order valence-corrected chi connectivity index (χ2v) is 9.51. The number of benzene rings is 2. The number of carbonyl (C=O) groups excluding carboxylic acids is 1. The van der Waals surface area contributed by atoms with Crippen LogP contribution in [0.25, 0.3) is 10.9 Å². The van der Waals surface area contributed by atoms with Crippen molar-refractivity contribution in [1.82, 2.24) is 8.87 Å². The maximum Gasteiger partial charge on any atom is 0.270 e. The number of anilines is 1. The molecule has 1 aliphatic heterocycles. The lowest BCUT2D eigenvalue weighted by Crippen LogP contribution is -2.40. The van der Waals surface area contributed by atoms with Crippen molar-refractivity contribution >= 4 is 38.2 Å². The number of fused-ring (bicyclic) bond motifs is 1. The number of amides is 1. The molecule has 0 radical (unpaired) electrons. The minimum atomic E-state index is -3.85. The van der Waals surface area contributed by atoms with Crippen LogP contribution in [0.5, 0.6) is 5.75 Å². The Kier molecular flexibility index (Phi) is 6.82. The largest absolute Gasteiger partial charge is 0.492 e. The van der Waals surface area contributed by atoms with E-state index in [1.54, 1.807) is 35.9 Å². The molecule has 0 unspecified atom stereocenters. The molecule has 3 aromatic rings. The van der Waals surface area contributed by atoms with Gasteiger partial charge in [0.1, 0.15) is 17.2 Å². The summed E-state index contributed by atoms with van der Waals surface area (Å²) in [4.78, 5) is 23.2. The summed E-state index contributed by atoms with van der Waals surface area (Å²) in [5.74, 6) is -0.167. The van der Waals surface area contributed by atoms with Gasteiger partial charge in [-0.3, -0.25) is 14.9 Å². The van der Waals surface area contributed by atoms with Crippen LogP contribution in [-0.2, 0) is 26.1 Å². The third kappa shape index (κ3) is 4.88. The van der Waals surface area contributed by atoms with Gasteiger partial charge in [0.25, 0.3) is 5.69 Å². The zero-order chi connectivity index (χ0) is 24.3. The van der Waals surface area contributed by atoms with E-state index in [1.165, 1.54) is 28.6 Å². The van der Waals surface area contributed by atoms with Crippen LogP contribution in [0.15, 0.2) is 53.6 Å². The van der Waals surface area contributed by atoms with Crippen LogP contribution in [-0.4, -0.2) is 61.0 Å². The van der Waals surface area contributed by atoms with Gasteiger partial charge in [0.2, 0.25) is 15.9 Å². The molecule has 0 bridgehead atoms. The summed E-state index contributed by atoms with van der Waals surface area (Å²) in [6.07, 6.45) is 1.67. The number of rotatable bonds is 8. The summed E-state index contributed by atoms with van der Waals surface area (Å²) >= 11 is 0. The number of aromatic nitrogens is 1. The van der Waals surface area contributed by atoms with Crippen LogP contribution in [0.1, 0.15) is 6.92 Å². The molecule has 34 heavy (non-hydrogen) atoms. The summed E-state index contributed by atoms with van der Waals surface area (Å²) in [5.41, 5.74) is 0.952. The van der Waals surface area contributed by atoms with Gasteiger partial charge in [-0.1, -0.05) is 0 Å². The molecular formula is C22H24N4O7S. The summed E-state index contributed by atoms with van der Waals surface area (Å²) in [6.45, 7) is 3.10. The highest BCUT2D eigenvalue weighted by Crippen LogP contribution is 2.30. The molecule has 11 nitrogen and oxygen atoms in total. The summed E-state index contributed by atoms with van der Waals surface area (Å²) in [5, 5.41) is 14.3. The molecule has 1 aromatic heterocycles. The number of non-ortho nitro benzene ring substituents is 1. The molecular weight excluding hydrogens is 464 g/mol. The van der Waals surface area contributed by atoms with E-state index in [-0.39, 0.29) is 48.5 Å². The van der Waals surface area contributed by atoms with E-state index in [2.05, 4.69) is 5.32 Å². The van der Waals surface area contributed by atoms with Crippen molar-refractivity contribution in [2.45, 2.75) is 18.4 Å². The van der Waals surface area contributed by atoms with E-state index in [4.69, 9.17) is 9.47 Å². The third-order valence-electron chi connectivity index (χ3n) is 5.39. The quantitative estimate of drug-likeness (QED) is 0.381. The molecule has 1 N–H and O–H groups in total. The molecule has 1 aliphatic rings. The van der Waals surface area contributed by atoms with Crippen molar-refractivity contribution in [3.8, 4) is 5.75 Å². The molecule has 1 fully saturated rings. The van der Waals surface area contributed by atoms with Gasteiger partial charge in [-0.15, -0.1) is 0 Å². The van der Waals surface area contributed by atoms with E-state index in [9.17, 15) is 23.3 Å². The first-order chi connectivity index (χ1) is 16.3. The highest BCUT2D eigenvalue weighted by Gasteiger charge is 2.30. The van der Waals surface area contributed by atoms with Crippen LogP contribution in [0.2, 0.25) is 0 Å². The number of carbonyl (C=O) groups is 1. The van der Waals surface area contributed by atoms with Gasteiger partial charge in [-0.25, -0.2) is 8.42 Å². The van der Waals surface area contributed by atoms with Gasteiger partial charge in [0.15, 0.2) is 0 Å². The number of hydrogen-bond donors (Lipinski definition) is 1. The fourth-order valence-electron chi connectivity index (χ4n) is 3.78. The Hall–Kier alpha value is -3.48. The lowest BCUT2D eigenvalue weighted by atomic mass is 10.2. The first kappa shape index (κ1) is 23.7. The van der Waals surface area contributed by atoms with Crippen molar-refractivity contribution in [1.29, 1.82) is 0 Å². The maximum absolute atomic E-state index is 13.2. The number of nitrogens with one attached hydrogen (secondary N) is 1. The van der Waals surface area contributed by atoms with Gasteiger partial charge in [-0.2, -0.15) is 4.31 Å². The standard InChI is InChI=1S/C22H24N4O7S/c1-2-33-20-6-3-17(14-21(20)34(30,31)25-9-11-32-12-10-25)23-22(27)15-24-8-7-16-13-18(26(28)29)4-5-19(16)24/h3-8,13-14H,2,9-12,15H2,1H3,(H,23,27). The van der Waals surface area contributed by atoms with Crippen molar-refractivity contribution in [2.75, 3.05) is 38.2 Å².